The van der Waals surface area contributed by atoms with Crippen LogP contribution in [0.1, 0.15) is 24.2 Å². The molecule has 6 nitrogen and oxygen atoms in total. The summed E-state index contributed by atoms with van der Waals surface area (Å²) in [6, 6.07) is 3.01. The van der Waals surface area contributed by atoms with E-state index >= 15 is 0 Å². The van der Waals surface area contributed by atoms with Crippen LogP contribution in [0, 0.1) is 15.9 Å². The molecule has 0 aliphatic heterocycles. The second kappa shape index (κ2) is 6.79. The molecule has 0 heterocycles. The summed E-state index contributed by atoms with van der Waals surface area (Å²) < 4.78 is 18.3. The van der Waals surface area contributed by atoms with Crippen molar-refractivity contribution in [2.45, 2.75) is 20.0 Å². The third-order valence-corrected chi connectivity index (χ3v) is 2.24. The van der Waals surface area contributed by atoms with Crippen LogP contribution in [0.2, 0.25) is 0 Å². The Kier molecular flexibility index (Phi) is 5.37. The standard InChI is InChI=1S/C12H15FN2O4/c1-8(2)19-6-5-14-12(16)9-3-4-10(13)11(7-9)15(17)18/h3-4,7-8H,5-6H2,1-2H3,(H,14,16). The fourth-order valence-corrected chi connectivity index (χ4v) is 1.36. The number of carbonyl (C=O) groups excluding carboxylic acids is 1. The van der Waals surface area contributed by atoms with Crippen LogP contribution in [-0.4, -0.2) is 30.1 Å². The molecule has 1 amide bonds. The van der Waals surface area contributed by atoms with Crippen molar-refractivity contribution in [3.05, 3.63) is 39.7 Å². The SMILES string of the molecule is CC(C)OCCNC(=O)c1ccc(F)c([N+](=O)[O-])c1. The topological polar surface area (TPSA) is 81.5 Å². The highest BCUT2D eigenvalue weighted by molar-refractivity contribution is 5.94. The summed E-state index contributed by atoms with van der Waals surface area (Å²) >= 11 is 0. The van der Waals surface area contributed by atoms with E-state index < -0.39 is 22.3 Å². The van der Waals surface area contributed by atoms with Crippen molar-refractivity contribution in [2.24, 2.45) is 0 Å². The van der Waals surface area contributed by atoms with E-state index in [9.17, 15) is 19.3 Å². The van der Waals surface area contributed by atoms with E-state index in [1.807, 2.05) is 13.8 Å². The number of halogens is 1. The zero-order chi connectivity index (χ0) is 14.4. The lowest BCUT2D eigenvalue weighted by Gasteiger charge is -2.08. The summed E-state index contributed by atoms with van der Waals surface area (Å²) in [5, 5.41) is 13.1. The van der Waals surface area contributed by atoms with Crippen LogP contribution in [0.15, 0.2) is 18.2 Å². The minimum Gasteiger partial charge on any atom is -0.377 e. The lowest BCUT2D eigenvalue weighted by Crippen LogP contribution is -2.28. The number of ether oxygens (including phenoxy) is 1. The van der Waals surface area contributed by atoms with Crippen LogP contribution in [0.4, 0.5) is 10.1 Å². The number of nitro benzene ring substituents is 1. The number of benzene rings is 1. The van der Waals surface area contributed by atoms with Gasteiger partial charge in [0.1, 0.15) is 0 Å². The molecule has 0 saturated heterocycles. The quantitative estimate of drug-likeness (QED) is 0.486. The zero-order valence-electron chi connectivity index (χ0n) is 10.7. The first-order chi connectivity index (χ1) is 8.91. The van der Waals surface area contributed by atoms with Gasteiger partial charge in [0, 0.05) is 18.2 Å². The van der Waals surface area contributed by atoms with E-state index in [-0.39, 0.29) is 18.2 Å². The van der Waals surface area contributed by atoms with Crippen LogP contribution >= 0.6 is 0 Å². The number of nitro groups is 1. The molecular formula is C12H15FN2O4. The van der Waals surface area contributed by atoms with E-state index in [0.29, 0.717) is 6.61 Å². The predicted molar refractivity (Wildman–Crippen MR) is 66.5 cm³/mol. The lowest BCUT2D eigenvalue weighted by atomic mass is 10.2. The van der Waals surface area contributed by atoms with E-state index in [1.165, 1.54) is 6.07 Å². The molecule has 7 heteroatoms. The number of rotatable bonds is 6. The molecule has 0 saturated carbocycles. The first-order valence-electron chi connectivity index (χ1n) is 5.75. The van der Waals surface area contributed by atoms with Gasteiger partial charge >= 0.3 is 5.69 Å². The Bertz CT molecular complexity index is 477. The normalized spacial score (nSPS) is 10.5. The van der Waals surface area contributed by atoms with Gasteiger partial charge in [-0.25, -0.2) is 0 Å². The first kappa shape index (κ1) is 15.0. The van der Waals surface area contributed by atoms with Crippen LogP contribution in [0.25, 0.3) is 0 Å². The molecule has 0 aromatic heterocycles. The molecule has 19 heavy (non-hydrogen) atoms. The molecule has 104 valence electrons. The van der Waals surface area contributed by atoms with Crippen LogP contribution in [0.5, 0.6) is 0 Å². The van der Waals surface area contributed by atoms with Crippen molar-refractivity contribution in [2.75, 3.05) is 13.2 Å². The highest BCUT2D eigenvalue weighted by Gasteiger charge is 2.17. The molecule has 0 fully saturated rings. The number of hydrogen-bond acceptors (Lipinski definition) is 4. The van der Waals surface area contributed by atoms with Gasteiger partial charge in [-0.1, -0.05) is 0 Å². The predicted octanol–water partition coefficient (Wildman–Crippen LogP) is 1.89. The number of nitrogens with one attached hydrogen (secondary N) is 1. The third-order valence-electron chi connectivity index (χ3n) is 2.24. The van der Waals surface area contributed by atoms with Gasteiger partial charge in [0.2, 0.25) is 5.82 Å². The maximum Gasteiger partial charge on any atom is 0.305 e. The van der Waals surface area contributed by atoms with Crippen molar-refractivity contribution >= 4 is 11.6 Å². The molecule has 0 atom stereocenters. The van der Waals surface area contributed by atoms with Gasteiger partial charge in [0.05, 0.1) is 17.6 Å². The van der Waals surface area contributed by atoms with E-state index in [2.05, 4.69) is 5.32 Å². The largest absolute Gasteiger partial charge is 0.377 e. The number of carbonyl (C=O) groups is 1. The molecule has 0 unspecified atom stereocenters. The number of hydrogen-bond donors (Lipinski definition) is 1. The fraction of sp³-hybridized carbons (Fsp3) is 0.417. The first-order valence-corrected chi connectivity index (χ1v) is 5.75. The van der Waals surface area contributed by atoms with Gasteiger partial charge in [-0.3, -0.25) is 14.9 Å². The Morgan fingerprint density at radius 2 is 2.21 bits per heavy atom. The Morgan fingerprint density at radius 3 is 2.79 bits per heavy atom. The van der Waals surface area contributed by atoms with E-state index in [4.69, 9.17) is 4.74 Å². The van der Waals surface area contributed by atoms with Gasteiger partial charge in [0.15, 0.2) is 0 Å². The lowest BCUT2D eigenvalue weighted by molar-refractivity contribution is -0.387. The van der Waals surface area contributed by atoms with Crippen LogP contribution in [-0.2, 0) is 4.74 Å². The highest BCUT2D eigenvalue weighted by atomic mass is 19.1. The molecule has 0 radical (unpaired) electrons. The molecule has 1 N–H and O–H groups in total. The van der Waals surface area contributed by atoms with Gasteiger partial charge in [0.25, 0.3) is 5.91 Å². The van der Waals surface area contributed by atoms with Crippen molar-refractivity contribution in [1.82, 2.24) is 5.32 Å². The Labute approximate surface area is 109 Å². The molecule has 0 aliphatic rings. The highest BCUT2D eigenvalue weighted by Crippen LogP contribution is 2.18. The van der Waals surface area contributed by atoms with Crippen LogP contribution in [0.3, 0.4) is 0 Å². The summed E-state index contributed by atoms with van der Waals surface area (Å²) in [6.07, 6.45) is 0.0591. The zero-order valence-corrected chi connectivity index (χ0v) is 10.7. The molecule has 1 aromatic carbocycles. The molecule has 0 bridgehead atoms. The van der Waals surface area contributed by atoms with Crippen molar-refractivity contribution in [3.63, 3.8) is 0 Å². The van der Waals surface area contributed by atoms with E-state index in [0.717, 1.165) is 12.1 Å². The molecular weight excluding hydrogens is 255 g/mol. The molecule has 0 spiro atoms. The Balaban J connectivity index is 2.62. The molecule has 1 aromatic rings. The summed E-state index contributed by atoms with van der Waals surface area (Å²) in [7, 11) is 0. The van der Waals surface area contributed by atoms with Crippen molar-refractivity contribution in [1.29, 1.82) is 0 Å². The summed E-state index contributed by atoms with van der Waals surface area (Å²) in [4.78, 5) is 21.3. The Hall–Kier alpha value is -2.02. The van der Waals surface area contributed by atoms with Crippen LogP contribution < -0.4 is 5.32 Å². The summed E-state index contributed by atoms with van der Waals surface area (Å²) in [5.41, 5.74) is -0.677. The number of amides is 1. The average Bonchev–Trinajstić information content (AvgIpc) is 2.34. The monoisotopic (exact) mass is 270 g/mol. The summed E-state index contributed by atoms with van der Waals surface area (Å²) in [6.45, 7) is 4.35. The number of nitrogens with zero attached hydrogens (tertiary/aromatic N) is 1. The van der Waals surface area contributed by atoms with E-state index in [1.54, 1.807) is 0 Å². The average molecular weight is 270 g/mol. The fourth-order valence-electron chi connectivity index (χ4n) is 1.36. The van der Waals surface area contributed by atoms with Crippen molar-refractivity contribution in [3.8, 4) is 0 Å². The van der Waals surface area contributed by atoms with Gasteiger partial charge in [-0.2, -0.15) is 4.39 Å². The second-order valence-corrected chi connectivity index (χ2v) is 4.10. The molecule has 0 aliphatic carbocycles. The maximum atomic E-state index is 13.1. The van der Waals surface area contributed by atoms with Gasteiger partial charge < -0.3 is 10.1 Å². The Morgan fingerprint density at radius 1 is 1.53 bits per heavy atom. The maximum absolute atomic E-state index is 13.1. The van der Waals surface area contributed by atoms with Gasteiger partial charge in [-0.15, -0.1) is 0 Å². The second-order valence-electron chi connectivity index (χ2n) is 4.10. The van der Waals surface area contributed by atoms with Crippen molar-refractivity contribution < 1.29 is 18.8 Å². The summed E-state index contributed by atoms with van der Waals surface area (Å²) in [5.74, 6) is -1.47. The third kappa shape index (κ3) is 4.63. The minimum absolute atomic E-state index is 0.0395. The van der Waals surface area contributed by atoms with Gasteiger partial charge in [-0.05, 0) is 26.0 Å². The smallest absolute Gasteiger partial charge is 0.305 e. The molecule has 1 rings (SSSR count). The minimum atomic E-state index is -0.968.